The average molecular weight is 501 g/mol. The van der Waals surface area contributed by atoms with E-state index in [0.29, 0.717) is 27.4 Å². The molecular formula is C27H23N3O7. The van der Waals surface area contributed by atoms with Gasteiger partial charge in [0.1, 0.15) is 6.04 Å². The molecule has 4 rings (SSSR count). The second kappa shape index (κ2) is 10.8. The zero-order valence-electron chi connectivity index (χ0n) is 19.8. The fourth-order valence-corrected chi connectivity index (χ4v) is 4.30. The highest BCUT2D eigenvalue weighted by molar-refractivity contribution is 6.16. The topological polar surface area (TPSA) is 149 Å². The Hall–Kier alpha value is -4.86. The highest BCUT2D eigenvalue weighted by Crippen LogP contribution is 2.29. The largest absolute Gasteiger partial charge is 0.480 e. The van der Waals surface area contributed by atoms with E-state index in [4.69, 9.17) is 4.74 Å². The number of esters is 1. The molecule has 0 aliphatic rings. The number of amides is 1. The van der Waals surface area contributed by atoms with Crippen LogP contribution in [0.5, 0.6) is 0 Å². The van der Waals surface area contributed by atoms with Crippen LogP contribution in [0, 0.1) is 10.1 Å². The van der Waals surface area contributed by atoms with Gasteiger partial charge in [-0.15, -0.1) is 0 Å². The van der Waals surface area contributed by atoms with Crippen LogP contribution in [0.15, 0.2) is 72.8 Å². The molecule has 0 fully saturated rings. The Labute approximate surface area is 211 Å². The summed E-state index contributed by atoms with van der Waals surface area (Å²) in [6, 6.07) is 17.7. The van der Waals surface area contributed by atoms with E-state index in [1.165, 1.54) is 24.3 Å². The van der Waals surface area contributed by atoms with Crippen molar-refractivity contribution in [1.29, 1.82) is 0 Å². The third kappa shape index (κ3) is 5.37. The molecule has 0 aliphatic carbocycles. The lowest BCUT2D eigenvalue weighted by atomic mass is 9.87. The summed E-state index contributed by atoms with van der Waals surface area (Å²) in [7, 11) is 0. The molecule has 2 atom stereocenters. The van der Waals surface area contributed by atoms with E-state index < -0.39 is 34.7 Å². The summed E-state index contributed by atoms with van der Waals surface area (Å²) in [5.41, 5.74) is 1.53. The van der Waals surface area contributed by atoms with Crippen LogP contribution in [-0.2, 0) is 14.3 Å². The second-order valence-corrected chi connectivity index (χ2v) is 8.27. The average Bonchev–Trinajstić information content (AvgIpc) is 2.89. The van der Waals surface area contributed by atoms with Gasteiger partial charge in [-0.1, -0.05) is 48.5 Å². The number of carbonyl (C=O) groups is 3. The van der Waals surface area contributed by atoms with Crippen molar-refractivity contribution in [3.8, 4) is 0 Å². The molecule has 188 valence electrons. The summed E-state index contributed by atoms with van der Waals surface area (Å²) >= 11 is 0. The van der Waals surface area contributed by atoms with E-state index in [2.05, 4.69) is 10.3 Å². The van der Waals surface area contributed by atoms with Crippen LogP contribution in [0.25, 0.3) is 21.8 Å². The van der Waals surface area contributed by atoms with E-state index in [9.17, 15) is 29.6 Å². The van der Waals surface area contributed by atoms with Crippen molar-refractivity contribution < 1.29 is 29.2 Å². The molecule has 3 aromatic carbocycles. The maximum atomic E-state index is 13.7. The summed E-state index contributed by atoms with van der Waals surface area (Å²) < 4.78 is 5.03. The number of aromatic nitrogens is 1. The SMILES string of the molecule is CCOC(=O)C[C@H](c1ccc([N+](=O)[O-])cc1)[C@@H](NC(=O)c1c2ccccc2nc2ccccc12)C(=O)O. The second-order valence-electron chi connectivity index (χ2n) is 8.27. The number of carboxylic acid groups (broad SMARTS) is 1. The molecule has 0 bridgehead atoms. The van der Waals surface area contributed by atoms with Gasteiger partial charge in [0.25, 0.3) is 11.6 Å². The molecule has 1 amide bonds. The van der Waals surface area contributed by atoms with Crippen molar-refractivity contribution in [2.75, 3.05) is 6.61 Å². The predicted molar refractivity (Wildman–Crippen MR) is 135 cm³/mol. The molecule has 0 saturated heterocycles. The summed E-state index contributed by atoms with van der Waals surface area (Å²) in [5.74, 6) is -3.74. The number of carbonyl (C=O) groups excluding carboxylic acids is 2. The minimum absolute atomic E-state index is 0.0882. The Morgan fingerprint density at radius 3 is 2.05 bits per heavy atom. The molecule has 0 saturated carbocycles. The van der Waals surface area contributed by atoms with Crippen LogP contribution >= 0.6 is 0 Å². The van der Waals surface area contributed by atoms with E-state index in [-0.39, 0.29) is 24.3 Å². The number of nitrogens with one attached hydrogen (secondary N) is 1. The third-order valence-corrected chi connectivity index (χ3v) is 5.99. The molecule has 1 aromatic heterocycles. The van der Waals surface area contributed by atoms with Gasteiger partial charge in [0.2, 0.25) is 0 Å². The molecule has 37 heavy (non-hydrogen) atoms. The summed E-state index contributed by atoms with van der Waals surface area (Å²) in [4.78, 5) is 53.6. The van der Waals surface area contributed by atoms with Gasteiger partial charge in [0.05, 0.1) is 34.5 Å². The Morgan fingerprint density at radius 1 is 0.973 bits per heavy atom. The number of nitrogens with zero attached hydrogens (tertiary/aromatic N) is 2. The molecule has 10 nitrogen and oxygen atoms in total. The van der Waals surface area contributed by atoms with Gasteiger partial charge in [-0.25, -0.2) is 9.78 Å². The van der Waals surface area contributed by atoms with Crippen molar-refractivity contribution in [3.05, 3.63) is 94.0 Å². The lowest BCUT2D eigenvalue weighted by Crippen LogP contribution is -2.45. The number of para-hydroxylation sites is 2. The van der Waals surface area contributed by atoms with E-state index in [1.54, 1.807) is 55.5 Å². The van der Waals surface area contributed by atoms with Crippen LogP contribution in [0.1, 0.15) is 35.2 Å². The molecule has 1 heterocycles. The summed E-state index contributed by atoms with van der Waals surface area (Å²) in [5, 5.41) is 24.9. The third-order valence-electron chi connectivity index (χ3n) is 5.99. The highest BCUT2D eigenvalue weighted by atomic mass is 16.6. The first-order valence-electron chi connectivity index (χ1n) is 11.5. The first-order chi connectivity index (χ1) is 17.8. The zero-order valence-corrected chi connectivity index (χ0v) is 19.8. The first-order valence-corrected chi connectivity index (χ1v) is 11.5. The Bertz CT molecular complexity index is 1450. The van der Waals surface area contributed by atoms with Gasteiger partial charge >= 0.3 is 11.9 Å². The molecule has 0 aliphatic heterocycles. The van der Waals surface area contributed by atoms with Crippen LogP contribution in [-0.4, -0.2) is 45.5 Å². The number of hydrogen-bond donors (Lipinski definition) is 2. The Balaban J connectivity index is 1.78. The van der Waals surface area contributed by atoms with Gasteiger partial charge in [-0.05, 0) is 24.6 Å². The standard InChI is InChI=1S/C27H23N3O7/c1-2-37-23(31)15-20(16-11-13-17(14-12-16)30(35)36)25(27(33)34)29-26(32)24-18-7-3-5-9-21(18)28-22-10-6-4-8-19(22)24/h3-14,20,25H,2,15H2,1H3,(H,29,32)(H,33,34)/t20-,25-/m1/s1. The van der Waals surface area contributed by atoms with Crippen LogP contribution < -0.4 is 5.32 Å². The lowest BCUT2D eigenvalue weighted by molar-refractivity contribution is -0.384. The number of ether oxygens (including phenoxy) is 1. The van der Waals surface area contributed by atoms with Crippen LogP contribution in [0.2, 0.25) is 0 Å². The number of hydrogen-bond acceptors (Lipinski definition) is 7. The number of non-ortho nitro benzene ring substituents is 1. The molecule has 4 aromatic rings. The van der Waals surface area contributed by atoms with Gasteiger partial charge in [-0.3, -0.25) is 19.7 Å². The van der Waals surface area contributed by atoms with E-state index in [1.807, 2.05) is 0 Å². The number of pyridine rings is 1. The molecule has 0 spiro atoms. The zero-order chi connectivity index (χ0) is 26.5. The van der Waals surface area contributed by atoms with Gasteiger partial charge in [0.15, 0.2) is 0 Å². The molecule has 2 N–H and O–H groups in total. The van der Waals surface area contributed by atoms with Crippen LogP contribution in [0.4, 0.5) is 5.69 Å². The number of aliphatic carboxylic acids is 1. The van der Waals surface area contributed by atoms with Crippen molar-refractivity contribution in [3.63, 3.8) is 0 Å². The van der Waals surface area contributed by atoms with Crippen molar-refractivity contribution in [2.45, 2.75) is 25.3 Å². The van der Waals surface area contributed by atoms with Gasteiger partial charge < -0.3 is 15.2 Å². The molecule has 0 unspecified atom stereocenters. The predicted octanol–water partition coefficient (Wildman–Crippen LogP) is 4.22. The van der Waals surface area contributed by atoms with Crippen molar-refractivity contribution >= 4 is 45.3 Å². The number of fused-ring (bicyclic) bond motifs is 2. The number of nitro benzene ring substituents is 1. The van der Waals surface area contributed by atoms with Gasteiger partial charge in [-0.2, -0.15) is 0 Å². The Morgan fingerprint density at radius 2 is 1.54 bits per heavy atom. The Kier molecular flexibility index (Phi) is 7.38. The fourth-order valence-electron chi connectivity index (χ4n) is 4.30. The maximum absolute atomic E-state index is 13.7. The van der Waals surface area contributed by atoms with Crippen LogP contribution in [0.3, 0.4) is 0 Å². The lowest BCUT2D eigenvalue weighted by Gasteiger charge is -2.25. The quantitative estimate of drug-likeness (QED) is 0.150. The molecular weight excluding hydrogens is 478 g/mol. The highest BCUT2D eigenvalue weighted by Gasteiger charge is 2.34. The summed E-state index contributed by atoms with van der Waals surface area (Å²) in [6.45, 7) is 1.71. The minimum Gasteiger partial charge on any atom is -0.480 e. The number of carboxylic acids is 1. The number of benzene rings is 3. The van der Waals surface area contributed by atoms with E-state index in [0.717, 1.165) is 0 Å². The molecule has 10 heteroatoms. The normalized spacial score (nSPS) is 12.6. The van der Waals surface area contributed by atoms with E-state index >= 15 is 0 Å². The first kappa shape index (κ1) is 25.2. The summed E-state index contributed by atoms with van der Waals surface area (Å²) in [6.07, 6.45) is -0.360. The van der Waals surface area contributed by atoms with Gasteiger partial charge in [0, 0.05) is 28.8 Å². The number of nitro groups is 1. The molecule has 0 radical (unpaired) electrons. The smallest absolute Gasteiger partial charge is 0.326 e. The minimum atomic E-state index is -1.54. The fraction of sp³-hybridized carbons (Fsp3) is 0.185. The number of rotatable bonds is 9. The monoisotopic (exact) mass is 501 g/mol. The van der Waals surface area contributed by atoms with Crippen molar-refractivity contribution in [1.82, 2.24) is 10.3 Å². The maximum Gasteiger partial charge on any atom is 0.326 e. The van der Waals surface area contributed by atoms with Crippen molar-refractivity contribution in [2.24, 2.45) is 0 Å².